The van der Waals surface area contributed by atoms with E-state index in [1.54, 1.807) is 29.3 Å². The predicted octanol–water partition coefficient (Wildman–Crippen LogP) is 1.94. The number of amides is 1. The minimum atomic E-state index is -0.0527. The highest BCUT2D eigenvalue weighted by atomic mass is 32.1. The molecule has 0 saturated carbocycles. The Kier molecular flexibility index (Phi) is 7.20. The van der Waals surface area contributed by atoms with Crippen LogP contribution in [0.15, 0.2) is 11.1 Å². The molecule has 2 aromatic rings. The van der Waals surface area contributed by atoms with Gasteiger partial charge in [-0.3, -0.25) is 14.2 Å². The van der Waals surface area contributed by atoms with Gasteiger partial charge in [-0.2, -0.15) is 0 Å². The van der Waals surface area contributed by atoms with Gasteiger partial charge in [-0.25, -0.2) is 4.98 Å². The SMILES string of the molecule is COCCN1CCC(CNC(=O)CCn2cnc3sc(C)c(C)c3c2=O)CC1. The van der Waals surface area contributed by atoms with Crippen LogP contribution in [-0.4, -0.2) is 60.3 Å². The molecule has 0 bridgehead atoms. The molecule has 154 valence electrons. The molecule has 2 aromatic heterocycles. The van der Waals surface area contributed by atoms with E-state index < -0.39 is 0 Å². The number of aryl methyl sites for hydroxylation is 3. The smallest absolute Gasteiger partial charge is 0.262 e. The largest absolute Gasteiger partial charge is 0.383 e. The summed E-state index contributed by atoms with van der Waals surface area (Å²) in [5.74, 6) is 0.520. The molecular formula is C20H30N4O3S. The van der Waals surface area contributed by atoms with E-state index in [9.17, 15) is 9.59 Å². The summed E-state index contributed by atoms with van der Waals surface area (Å²) >= 11 is 1.54. The summed E-state index contributed by atoms with van der Waals surface area (Å²) in [5.41, 5.74) is 0.941. The Labute approximate surface area is 169 Å². The van der Waals surface area contributed by atoms with Crippen LogP contribution >= 0.6 is 11.3 Å². The average molecular weight is 407 g/mol. The van der Waals surface area contributed by atoms with Crippen LogP contribution in [-0.2, 0) is 16.1 Å². The normalized spacial score (nSPS) is 16.0. The van der Waals surface area contributed by atoms with E-state index >= 15 is 0 Å². The van der Waals surface area contributed by atoms with E-state index in [1.165, 1.54) is 0 Å². The highest BCUT2D eigenvalue weighted by molar-refractivity contribution is 7.18. The molecule has 7 nitrogen and oxygen atoms in total. The fourth-order valence-corrected chi connectivity index (χ4v) is 4.62. The number of hydrogen-bond acceptors (Lipinski definition) is 6. The number of nitrogens with zero attached hydrogens (tertiary/aromatic N) is 3. The second-order valence-electron chi connectivity index (χ2n) is 7.54. The maximum Gasteiger partial charge on any atom is 0.262 e. The number of carbonyl (C=O) groups is 1. The van der Waals surface area contributed by atoms with E-state index in [0.29, 0.717) is 30.8 Å². The molecule has 1 fully saturated rings. The molecule has 3 rings (SSSR count). The third-order valence-electron chi connectivity index (χ3n) is 5.64. The van der Waals surface area contributed by atoms with E-state index in [4.69, 9.17) is 4.74 Å². The van der Waals surface area contributed by atoms with Crippen LogP contribution in [0.1, 0.15) is 29.7 Å². The number of methoxy groups -OCH3 is 1. The average Bonchev–Trinajstić information content (AvgIpc) is 2.99. The van der Waals surface area contributed by atoms with Gasteiger partial charge in [-0.15, -0.1) is 11.3 Å². The topological polar surface area (TPSA) is 76.5 Å². The lowest BCUT2D eigenvalue weighted by Gasteiger charge is -2.31. The maximum absolute atomic E-state index is 12.7. The Balaban J connectivity index is 1.45. The lowest BCUT2D eigenvalue weighted by molar-refractivity contribution is -0.121. The van der Waals surface area contributed by atoms with Gasteiger partial charge in [0, 0.05) is 38.0 Å². The van der Waals surface area contributed by atoms with Gasteiger partial charge in [0.05, 0.1) is 18.3 Å². The summed E-state index contributed by atoms with van der Waals surface area (Å²) < 4.78 is 6.68. The van der Waals surface area contributed by atoms with Crippen molar-refractivity contribution >= 4 is 27.5 Å². The van der Waals surface area contributed by atoms with Crippen molar-refractivity contribution in [3.63, 3.8) is 0 Å². The fraction of sp³-hybridized carbons (Fsp3) is 0.650. The van der Waals surface area contributed by atoms with Crippen LogP contribution < -0.4 is 10.9 Å². The first-order valence-corrected chi connectivity index (χ1v) is 10.7. The summed E-state index contributed by atoms with van der Waals surface area (Å²) in [6.45, 7) is 8.89. The molecule has 1 aliphatic rings. The zero-order valence-corrected chi connectivity index (χ0v) is 17.8. The number of ether oxygens (including phenoxy) is 1. The van der Waals surface area contributed by atoms with Gasteiger partial charge in [-0.05, 0) is 51.3 Å². The quantitative estimate of drug-likeness (QED) is 0.725. The van der Waals surface area contributed by atoms with E-state index in [1.807, 2.05) is 13.8 Å². The number of thiophene rings is 1. The van der Waals surface area contributed by atoms with Crippen molar-refractivity contribution < 1.29 is 9.53 Å². The molecule has 1 saturated heterocycles. The van der Waals surface area contributed by atoms with E-state index in [-0.39, 0.29) is 11.5 Å². The first kappa shape index (κ1) is 21.0. The number of carbonyl (C=O) groups excluding carboxylic acids is 1. The third kappa shape index (κ3) is 4.98. The molecule has 0 spiro atoms. The van der Waals surface area contributed by atoms with Crippen molar-refractivity contribution in [2.24, 2.45) is 5.92 Å². The zero-order valence-electron chi connectivity index (χ0n) is 17.0. The van der Waals surface area contributed by atoms with Gasteiger partial charge in [-0.1, -0.05) is 0 Å². The lowest BCUT2D eigenvalue weighted by Crippen LogP contribution is -2.40. The maximum atomic E-state index is 12.7. The van der Waals surface area contributed by atoms with Gasteiger partial charge in [0.15, 0.2) is 0 Å². The Bertz CT molecular complexity index is 868. The number of nitrogens with one attached hydrogen (secondary N) is 1. The molecular weight excluding hydrogens is 376 g/mol. The van der Waals surface area contributed by atoms with Gasteiger partial charge < -0.3 is 15.0 Å². The fourth-order valence-electron chi connectivity index (χ4n) is 3.63. The van der Waals surface area contributed by atoms with Gasteiger partial charge in [0.25, 0.3) is 5.56 Å². The predicted molar refractivity (Wildman–Crippen MR) is 112 cm³/mol. The van der Waals surface area contributed by atoms with E-state index in [2.05, 4.69) is 15.2 Å². The highest BCUT2D eigenvalue weighted by Crippen LogP contribution is 2.25. The zero-order chi connectivity index (χ0) is 20.1. The minimum Gasteiger partial charge on any atom is -0.383 e. The Morgan fingerprint density at radius 3 is 2.79 bits per heavy atom. The summed E-state index contributed by atoms with van der Waals surface area (Å²) in [5, 5.41) is 3.72. The van der Waals surface area contributed by atoms with Crippen molar-refractivity contribution in [3.05, 3.63) is 27.1 Å². The summed E-state index contributed by atoms with van der Waals surface area (Å²) in [4.78, 5) is 33.6. The number of hydrogen-bond donors (Lipinski definition) is 1. The Morgan fingerprint density at radius 1 is 1.32 bits per heavy atom. The lowest BCUT2D eigenvalue weighted by atomic mass is 9.97. The first-order chi connectivity index (χ1) is 13.5. The number of piperidine rings is 1. The molecule has 1 N–H and O–H groups in total. The molecule has 28 heavy (non-hydrogen) atoms. The van der Waals surface area contributed by atoms with Crippen molar-refractivity contribution in [1.82, 2.24) is 19.8 Å². The number of aromatic nitrogens is 2. The molecule has 0 unspecified atom stereocenters. The molecule has 1 amide bonds. The van der Waals surface area contributed by atoms with Gasteiger partial charge >= 0.3 is 0 Å². The summed E-state index contributed by atoms with van der Waals surface area (Å²) in [6, 6.07) is 0. The van der Waals surface area contributed by atoms with Crippen LogP contribution in [0.5, 0.6) is 0 Å². The Hall–Kier alpha value is -1.77. The third-order valence-corrected chi connectivity index (χ3v) is 6.76. The van der Waals surface area contributed by atoms with Crippen LogP contribution in [0.4, 0.5) is 0 Å². The molecule has 0 aromatic carbocycles. The number of fused-ring (bicyclic) bond motifs is 1. The molecule has 0 aliphatic carbocycles. The van der Waals surface area contributed by atoms with Crippen LogP contribution in [0, 0.1) is 19.8 Å². The van der Waals surface area contributed by atoms with Crippen molar-refractivity contribution in [1.29, 1.82) is 0 Å². The number of likely N-dealkylation sites (tertiary alicyclic amines) is 1. The highest BCUT2D eigenvalue weighted by Gasteiger charge is 2.19. The van der Waals surface area contributed by atoms with Gasteiger partial charge in [0.1, 0.15) is 4.83 Å². The molecule has 0 radical (unpaired) electrons. The first-order valence-electron chi connectivity index (χ1n) is 9.92. The second kappa shape index (κ2) is 9.62. The molecule has 8 heteroatoms. The summed E-state index contributed by atoms with van der Waals surface area (Å²) in [6.07, 6.45) is 4.05. The summed E-state index contributed by atoms with van der Waals surface area (Å²) in [7, 11) is 1.73. The number of rotatable bonds is 8. The van der Waals surface area contributed by atoms with E-state index in [0.717, 1.165) is 54.4 Å². The molecule has 1 aliphatic heterocycles. The van der Waals surface area contributed by atoms with Crippen molar-refractivity contribution in [2.75, 3.05) is 39.9 Å². The van der Waals surface area contributed by atoms with Crippen LogP contribution in [0.3, 0.4) is 0 Å². The minimum absolute atomic E-state index is 0.00738. The van der Waals surface area contributed by atoms with Crippen molar-refractivity contribution in [2.45, 2.75) is 39.7 Å². The molecule has 0 atom stereocenters. The standard InChI is InChI=1S/C20H30N4O3S/c1-14-15(2)28-19-18(14)20(26)24(13-22-19)9-6-17(25)21-12-16-4-7-23(8-5-16)10-11-27-3/h13,16H,4-12H2,1-3H3,(H,21,25). The second-order valence-corrected chi connectivity index (χ2v) is 8.74. The monoisotopic (exact) mass is 406 g/mol. The Morgan fingerprint density at radius 2 is 2.07 bits per heavy atom. The van der Waals surface area contributed by atoms with Crippen molar-refractivity contribution in [3.8, 4) is 0 Å². The van der Waals surface area contributed by atoms with Gasteiger partial charge in [0.2, 0.25) is 5.91 Å². The van der Waals surface area contributed by atoms with Crippen LogP contribution in [0.2, 0.25) is 0 Å². The van der Waals surface area contributed by atoms with Crippen LogP contribution in [0.25, 0.3) is 10.2 Å². The molecule has 3 heterocycles.